The Morgan fingerprint density at radius 3 is 2.48 bits per heavy atom. The van der Waals surface area contributed by atoms with Crippen LogP contribution in [0, 0.1) is 6.92 Å². The lowest BCUT2D eigenvalue weighted by Gasteiger charge is -2.28. The molecule has 0 radical (unpaired) electrons. The van der Waals surface area contributed by atoms with Gasteiger partial charge in [-0.2, -0.15) is 0 Å². The lowest BCUT2D eigenvalue weighted by atomic mass is 10.0. The van der Waals surface area contributed by atoms with E-state index in [1.165, 1.54) is 11.6 Å². The Hall–Kier alpha value is -3.78. The van der Waals surface area contributed by atoms with Gasteiger partial charge in [0.2, 0.25) is 6.79 Å². The smallest absolute Gasteiger partial charge is 0.331 e. The number of fused-ring (bicyclic) bond motifs is 4. The number of hydrogen-bond acceptors (Lipinski definition) is 5. The number of benzene rings is 2. The molecule has 1 atom stereocenters. The molecule has 0 spiro atoms. The number of aryl methyl sites for hydroxylation is 2. The van der Waals surface area contributed by atoms with E-state index in [1.54, 1.807) is 11.6 Å². The largest absolute Gasteiger partial charge is 0.454 e. The fourth-order valence-electron chi connectivity index (χ4n) is 4.92. The van der Waals surface area contributed by atoms with E-state index in [1.807, 2.05) is 49.4 Å². The molecule has 0 fully saturated rings. The standard InChI is InChI=1S/C25H23N3O5/c1-14-4-6-15(7-5-14)20-19-21(26(2)25(30)27(3)24(19)29)22-23(31-11-10-28(20)22)16-8-9-17-18(12-16)33-13-32-17/h4-9,12,23H,10-11,13H2,1-3H3. The van der Waals surface area contributed by atoms with E-state index in [2.05, 4.69) is 4.57 Å². The summed E-state index contributed by atoms with van der Waals surface area (Å²) < 4.78 is 22.1. The fraction of sp³-hybridized carbons (Fsp3) is 0.280. The average molecular weight is 445 g/mol. The second kappa shape index (κ2) is 7.11. The lowest BCUT2D eigenvalue weighted by Crippen LogP contribution is -2.37. The summed E-state index contributed by atoms with van der Waals surface area (Å²) in [6, 6.07) is 13.8. The van der Waals surface area contributed by atoms with Crippen LogP contribution in [0.25, 0.3) is 22.2 Å². The Bertz CT molecular complexity index is 1540. The molecule has 4 heterocycles. The van der Waals surface area contributed by atoms with Crippen LogP contribution in [0.15, 0.2) is 52.1 Å². The third-order valence-corrected chi connectivity index (χ3v) is 6.58. The van der Waals surface area contributed by atoms with Gasteiger partial charge < -0.3 is 18.8 Å². The van der Waals surface area contributed by atoms with Crippen molar-refractivity contribution < 1.29 is 14.2 Å². The van der Waals surface area contributed by atoms with Gasteiger partial charge in [0, 0.05) is 20.6 Å². The average Bonchev–Trinajstić information content (AvgIpc) is 3.44. The Morgan fingerprint density at radius 1 is 0.939 bits per heavy atom. The molecule has 0 amide bonds. The number of ether oxygens (including phenoxy) is 3. The second-order valence-electron chi connectivity index (χ2n) is 8.54. The van der Waals surface area contributed by atoms with E-state index in [9.17, 15) is 9.59 Å². The summed E-state index contributed by atoms with van der Waals surface area (Å²) in [7, 11) is 3.22. The monoisotopic (exact) mass is 445 g/mol. The maximum absolute atomic E-state index is 13.4. The van der Waals surface area contributed by atoms with Crippen molar-refractivity contribution in [3.05, 3.63) is 80.1 Å². The number of aromatic nitrogens is 3. The highest BCUT2D eigenvalue weighted by atomic mass is 16.7. The zero-order chi connectivity index (χ0) is 22.9. The Kier molecular flexibility index (Phi) is 4.28. The molecule has 0 N–H and O–H groups in total. The summed E-state index contributed by atoms with van der Waals surface area (Å²) in [5, 5.41) is 0.523. The highest BCUT2D eigenvalue weighted by molar-refractivity contribution is 5.96. The minimum atomic E-state index is -0.465. The van der Waals surface area contributed by atoms with E-state index in [0.717, 1.165) is 28.1 Å². The van der Waals surface area contributed by atoms with E-state index in [0.29, 0.717) is 35.6 Å². The summed E-state index contributed by atoms with van der Waals surface area (Å²) in [6.45, 7) is 3.26. The van der Waals surface area contributed by atoms with Crippen molar-refractivity contribution in [3.8, 4) is 22.8 Å². The molecule has 168 valence electrons. The molecule has 8 heteroatoms. The first-order valence-electron chi connectivity index (χ1n) is 10.9. The molecule has 0 saturated carbocycles. The van der Waals surface area contributed by atoms with Crippen LogP contribution in [-0.4, -0.2) is 27.1 Å². The molecule has 6 rings (SSSR count). The van der Waals surface area contributed by atoms with Crippen LogP contribution in [0.5, 0.6) is 11.5 Å². The molecule has 2 aliphatic rings. The number of nitrogens with zero attached hydrogens (tertiary/aromatic N) is 3. The SMILES string of the molecule is Cc1ccc(-c2c3c(=O)n(C)c(=O)n(C)c3c3n2CCOC3c2ccc3c(c2)OCO3)cc1. The van der Waals surface area contributed by atoms with Crippen LogP contribution >= 0.6 is 0 Å². The minimum Gasteiger partial charge on any atom is -0.454 e. The van der Waals surface area contributed by atoms with Crippen LogP contribution in [0.1, 0.15) is 22.9 Å². The molecule has 0 saturated heterocycles. The van der Waals surface area contributed by atoms with Crippen molar-refractivity contribution in [2.45, 2.75) is 19.6 Å². The summed E-state index contributed by atoms with van der Waals surface area (Å²) in [4.78, 5) is 26.4. The fourth-order valence-corrected chi connectivity index (χ4v) is 4.92. The minimum absolute atomic E-state index is 0.186. The van der Waals surface area contributed by atoms with Crippen LogP contribution in [0.3, 0.4) is 0 Å². The molecular formula is C25H23N3O5. The molecule has 0 bridgehead atoms. The highest BCUT2D eigenvalue weighted by Crippen LogP contribution is 2.43. The van der Waals surface area contributed by atoms with Crippen LogP contribution in [0.4, 0.5) is 0 Å². The lowest BCUT2D eigenvalue weighted by molar-refractivity contribution is 0.0477. The summed E-state index contributed by atoms with van der Waals surface area (Å²) >= 11 is 0. The van der Waals surface area contributed by atoms with Crippen molar-refractivity contribution in [3.63, 3.8) is 0 Å². The molecule has 2 aromatic heterocycles. The second-order valence-corrected chi connectivity index (χ2v) is 8.54. The zero-order valence-electron chi connectivity index (χ0n) is 18.6. The molecule has 2 aliphatic heterocycles. The van der Waals surface area contributed by atoms with Crippen molar-refractivity contribution in [2.75, 3.05) is 13.4 Å². The molecule has 8 nitrogen and oxygen atoms in total. The zero-order valence-corrected chi connectivity index (χ0v) is 18.6. The topological polar surface area (TPSA) is 76.6 Å². The van der Waals surface area contributed by atoms with E-state index in [-0.39, 0.29) is 18.0 Å². The van der Waals surface area contributed by atoms with E-state index >= 15 is 0 Å². The first-order valence-corrected chi connectivity index (χ1v) is 10.9. The van der Waals surface area contributed by atoms with Crippen molar-refractivity contribution in [2.24, 2.45) is 14.1 Å². The first kappa shape index (κ1) is 19.9. The van der Waals surface area contributed by atoms with Crippen LogP contribution in [0.2, 0.25) is 0 Å². The van der Waals surface area contributed by atoms with Crippen LogP contribution < -0.4 is 20.7 Å². The van der Waals surface area contributed by atoms with Gasteiger partial charge in [-0.1, -0.05) is 35.9 Å². The number of hydrogen-bond donors (Lipinski definition) is 0. The Balaban J connectivity index is 1.71. The van der Waals surface area contributed by atoms with Crippen molar-refractivity contribution in [1.29, 1.82) is 0 Å². The normalized spacial score (nSPS) is 16.9. The summed E-state index contributed by atoms with van der Waals surface area (Å²) in [5.41, 5.74) is 4.47. The van der Waals surface area contributed by atoms with Gasteiger partial charge in [0.05, 0.1) is 28.9 Å². The van der Waals surface area contributed by atoms with Gasteiger partial charge in [0.15, 0.2) is 11.5 Å². The van der Waals surface area contributed by atoms with Gasteiger partial charge in [-0.15, -0.1) is 0 Å². The van der Waals surface area contributed by atoms with E-state index < -0.39 is 6.10 Å². The molecular weight excluding hydrogens is 422 g/mol. The predicted molar refractivity (Wildman–Crippen MR) is 123 cm³/mol. The van der Waals surface area contributed by atoms with Gasteiger partial charge in [0.25, 0.3) is 5.56 Å². The first-order chi connectivity index (χ1) is 16.0. The Labute approximate surface area is 189 Å². The molecule has 4 aromatic rings. The van der Waals surface area contributed by atoms with Gasteiger partial charge in [-0.05, 0) is 30.2 Å². The van der Waals surface area contributed by atoms with Gasteiger partial charge >= 0.3 is 5.69 Å². The third kappa shape index (κ3) is 2.80. The van der Waals surface area contributed by atoms with Gasteiger partial charge in [-0.3, -0.25) is 13.9 Å². The Morgan fingerprint density at radius 2 is 1.70 bits per heavy atom. The molecule has 33 heavy (non-hydrogen) atoms. The summed E-state index contributed by atoms with van der Waals surface area (Å²) in [6.07, 6.45) is -0.465. The van der Waals surface area contributed by atoms with Crippen LogP contribution in [-0.2, 0) is 25.4 Å². The van der Waals surface area contributed by atoms with Crippen molar-refractivity contribution >= 4 is 10.9 Å². The maximum Gasteiger partial charge on any atom is 0.331 e. The maximum atomic E-state index is 13.4. The predicted octanol–water partition coefficient (Wildman–Crippen LogP) is 2.86. The molecule has 2 aromatic carbocycles. The van der Waals surface area contributed by atoms with Crippen molar-refractivity contribution in [1.82, 2.24) is 13.7 Å². The molecule has 0 aliphatic carbocycles. The number of rotatable bonds is 2. The van der Waals surface area contributed by atoms with Gasteiger partial charge in [0.1, 0.15) is 6.10 Å². The van der Waals surface area contributed by atoms with Gasteiger partial charge in [-0.25, -0.2) is 4.79 Å². The third-order valence-electron chi connectivity index (χ3n) is 6.58. The summed E-state index contributed by atoms with van der Waals surface area (Å²) in [5.74, 6) is 1.35. The highest BCUT2D eigenvalue weighted by Gasteiger charge is 2.33. The quantitative estimate of drug-likeness (QED) is 0.474. The molecule has 1 unspecified atom stereocenters. The van der Waals surface area contributed by atoms with E-state index in [4.69, 9.17) is 14.2 Å².